The summed E-state index contributed by atoms with van der Waals surface area (Å²) < 4.78 is 11.0. The molecule has 0 aliphatic rings. The van der Waals surface area contributed by atoms with Crippen molar-refractivity contribution in [2.24, 2.45) is 0 Å². The second-order valence-electron chi connectivity index (χ2n) is 4.70. The topological polar surface area (TPSA) is 35.5 Å². The van der Waals surface area contributed by atoms with Gasteiger partial charge >= 0.3 is 0 Å². The van der Waals surface area contributed by atoms with Gasteiger partial charge in [-0.15, -0.1) is 6.42 Å². The van der Waals surface area contributed by atoms with Crippen LogP contribution in [0, 0.1) is 12.3 Å². The third-order valence-corrected chi connectivity index (χ3v) is 3.06. The minimum Gasteiger partial charge on any atom is -0.490 e. The van der Waals surface area contributed by atoms with Crippen LogP contribution in [0.4, 0.5) is 0 Å². The lowest BCUT2D eigenvalue weighted by Crippen LogP contribution is -1.99. The molecule has 0 saturated heterocycles. The number of allylic oxidation sites excluding steroid dienone is 1. The summed E-state index contributed by atoms with van der Waals surface area (Å²) >= 11 is 0. The van der Waals surface area contributed by atoms with E-state index in [4.69, 9.17) is 15.9 Å². The standard InChI is InChI=1S/C20H18O3/c1-3-14-23-19-13-11-16(15-20(19)22-4-2)10-12-18(21)17-8-6-5-7-9-17/h1,5-13,15H,4,14H2,2H3/b12-10+. The molecule has 0 heterocycles. The molecule has 0 aromatic heterocycles. The van der Waals surface area contributed by atoms with Gasteiger partial charge in [-0.2, -0.15) is 0 Å². The van der Waals surface area contributed by atoms with Gasteiger partial charge in [-0.1, -0.05) is 48.4 Å². The van der Waals surface area contributed by atoms with Crippen molar-refractivity contribution in [2.45, 2.75) is 6.92 Å². The number of hydrogen-bond donors (Lipinski definition) is 0. The van der Waals surface area contributed by atoms with Gasteiger partial charge in [-0.05, 0) is 30.7 Å². The van der Waals surface area contributed by atoms with Crippen molar-refractivity contribution in [3.05, 3.63) is 65.7 Å². The molecule has 0 N–H and O–H groups in total. The van der Waals surface area contributed by atoms with Gasteiger partial charge in [-0.3, -0.25) is 4.79 Å². The van der Waals surface area contributed by atoms with Crippen molar-refractivity contribution in [3.63, 3.8) is 0 Å². The second-order valence-corrected chi connectivity index (χ2v) is 4.70. The van der Waals surface area contributed by atoms with Crippen LogP contribution in [0.15, 0.2) is 54.6 Å². The first kappa shape index (κ1) is 16.4. The first-order valence-corrected chi connectivity index (χ1v) is 7.35. The molecule has 0 bridgehead atoms. The van der Waals surface area contributed by atoms with Crippen molar-refractivity contribution >= 4 is 11.9 Å². The molecule has 0 spiro atoms. The van der Waals surface area contributed by atoms with Gasteiger partial charge in [0.15, 0.2) is 17.3 Å². The summed E-state index contributed by atoms with van der Waals surface area (Å²) in [5.74, 6) is 3.58. The number of ether oxygens (including phenoxy) is 2. The van der Waals surface area contributed by atoms with Crippen LogP contribution >= 0.6 is 0 Å². The molecule has 2 aromatic rings. The largest absolute Gasteiger partial charge is 0.490 e. The monoisotopic (exact) mass is 306 g/mol. The molecule has 23 heavy (non-hydrogen) atoms. The highest BCUT2D eigenvalue weighted by Gasteiger charge is 2.06. The quantitative estimate of drug-likeness (QED) is 0.441. The lowest BCUT2D eigenvalue weighted by atomic mass is 10.1. The van der Waals surface area contributed by atoms with Crippen LogP contribution in [-0.4, -0.2) is 19.0 Å². The number of hydrogen-bond acceptors (Lipinski definition) is 3. The van der Waals surface area contributed by atoms with Crippen LogP contribution in [0.1, 0.15) is 22.8 Å². The number of terminal acetylenes is 1. The number of carbonyl (C=O) groups is 1. The lowest BCUT2D eigenvalue weighted by molar-refractivity contribution is 0.104. The number of carbonyl (C=O) groups excluding carboxylic acids is 1. The predicted molar refractivity (Wildman–Crippen MR) is 91.7 cm³/mol. The van der Waals surface area contributed by atoms with E-state index in [-0.39, 0.29) is 12.4 Å². The SMILES string of the molecule is C#CCOc1ccc(/C=C/C(=O)c2ccccc2)cc1OCC. The Labute approximate surface area is 136 Å². The first-order valence-electron chi connectivity index (χ1n) is 7.35. The van der Waals surface area contributed by atoms with Gasteiger partial charge in [-0.25, -0.2) is 0 Å². The van der Waals surface area contributed by atoms with Crippen molar-refractivity contribution < 1.29 is 14.3 Å². The fourth-order valence-electron chi connectivity index (χ4n) is 2.01. The zero-order valence-corrected chi connectivity index (χ0v) is 13.0. The van der Waals surface area contributed by atoms with Crippen molar-refractivity contribution in [1.29, 1.82) is 0 Å². The first-order chi connectivity index (χ1) is 11.2. The summed E-state index contributed by atoms with van der Waals surface area (Å²) in [4.78, 5) is 12.1. The molecule has 0 radical (unpaired) electrons. The predicted octanol–water partition coefficient (Wildman–Crippen LogP) is 3.99. The van der Waals surface area contributed by atoms with Gasteiger partial charge < -0.3 is 9.47 Å². The lowest BCUT2D eigenvalue weighted by Gasteiger charge is -2.10. The summed E-state index contributed by atoms with van der Waals surface area (Å²) in [7, 11) is 0. The zero-order valence-electron chi connectivity index (χ0n) is 13.0. The molecule has 2 aromatic carbocycles. The molecule has 0 saturated carbocycles. The molecular formula is C20H18O3. The maximum Gasteiger partial charge on any atom is 0.185 e. The molecule has 3 nitrogen and oxygen atoms in total. The molecular weight excluding hydrogens is 288 g/mol. The van der Waals surface area contributed by atoms with Crippen LogP contribution < -0.4 is 9.47 Å². The van der Waals surface area contributed by atoms with Crippen molar-refractivity contribution in [1.82, 2.24) is 0 Å². The molecule has 116 valence electrons. The van der Waals surface area contributed by atoms with E-state index in [0.717, 1.165) is 5.56 Å². The molecule has 2 rings (SSSR count). The zero-order chi connectivity index (χ0) is 16.5. The molecule has 0 unspecified atom stereocenters. The Bertz CT molecular complexity index is 724. The van der Waals surface area contributed by atoms with E-state index in [1.807, 2.05) is 37.3 Å². The Morgan fingerprint density at radius 3 is 2.61 bits per heavy atom. The highest BCUT2D eigenvalue weighted by molar-refractivity contribution is 6.06. The molecule has 3 heteroatoms. The molecule has 0 amide bonds. The Morgan fingerprint density at radius 2 is 1.91 bits per heavy atom. The van der Waals surface area contributed by atoms with Crippen LogP contribution in [0.3, 0.4) is 0 Å². The Balaban J connectivity index is 2.16. The Morgan fingerprint density at radius 1 is 1.13 bits per heavy atom. The van der Waals surface area contributed by atoms with Crippen molar-refractivity contribution in [3.8, 4) is 23.8 Å². The summed E-state index contributed by atoms with van der Waals surface area (Å²) in [5, 5.41) is 0. The van der Waals surface area contributed by atoms with Gasteiger partial charge in [0.2, 0.25) is 0 Å². The maximum absolute atomic E-state index is 12.1. The molecule has 0 aliphatic carbocycles. The minimum atomic E-state index is -0.0452. The van der Waals surface area contributed by atoms with Gasteiger partial charge in [0.1, 0.15) is 6.61 Å². The van der Waals surface area contributed by atoms with E-state index in [1.165, 1.54) is 0 Å². The van der Waals surface area contributed by atoms with Gasteiger partial charge in [0.25, 0.3) is 0 Å². The van der Waals surface area contributed by atoms with E-state index in [1.54, 1.807) is 30.4 Å². The normalized spacial score (nSPS) is 10.3. The van der Waals surface area contributed by atoms with E-state index in [9.17, 15) is 4.79 Å². The Hall–Kier alpha value is -2.99. The molecule has 0 fully saturated rings. The van der Waals surface area contributed by atoms with Crippen LogP contribution in [0.2, 0.25) is 0 Å². The highest BCUT2D eigenvalue weighted by atomic mass is 16.5. The number of benzene rings is 2. The smallest absolute Gasteiger partial charge is 0.185 e. The van der Waals surface area contributed by atoms with Crippen LogP contribution in [-0.2, 0) is 0 Å². The fraction of sp³-hybridized carbons (Fsp3) is 0.150. The third kappa shape index (κ3) is 4.76. The fourth-order valence-corrected chi connectivity index (χ4v) is 2.01. The van der Waals surface area contributed by atoms with Gasteiger partial charge in [0, 0.05) is 5.56 Å². The average molecular weight is 306 g/mol. The molecule has 0 aliphatic heterocycles. The van der Waals surface area contributed by atoms with Crippen molar-refractivity contribution in [2.75, 3.05) is 13.2 Å². The van der Waals surface area contributed by atoms with Crippen LogP contribution in [0.5, 0.6) is 11.5 Å². The maximum atomic E-state index is 12.1. The van der Waals surface area contributed by atoms with E-state index in [0.29, 0.717) is 23.7 Å². The highest BCUT2D eigenvalue weighted by Crippen LogP contribution is 2.29. The van der Waals surface area contributed by atoms with Gasteiger partial charge in [0.05, 0.1) is 6.61 Å². The summed E-state index contributed by atoms with van der Waals surface area (Å²) in [6.45, 7) is 2.59. The molecule has 0 atom stereocenters. The number of ketones is 1. The van der Waals surface area contributed by atoms with E-state index >= 15 is 0 Å². The van der Waals surface area contributed by atoms with E-state index in [2.05, 4.69) is 5.92 Å². The third-order valence-electron chi connectivity index (χ3n) is 3.06. The Kier molecular flexibility index (Phi) is 6.02. The van der Waals surface area contributed by atoms with Crippen LogP contribution in [0.25, 0.3) is 6.08 Å². The second kappa shape index (κ2) is 8.45. The summed E-state index contributed by atoms with van der Waals surface area (Å²) in [5.41, 5.74) is 1.51. The van der Waals surface area contributed by atoms with E-state index < -0.39 is 0 Å². The summed E-state index contributed by atoms with van der Waals surface area (Å²) in [6, 6.07) is 14.6. The average Bonchev–Trinajstić information content (AvgIpc) is 2.60. The number of rotatable bonds is 7. The minimum absolute atomic E-state index is 0.0452. The summed E-state index contributed by atoms with van der Waals surface area (Å²) in [6.07, 6.45) is 8.50.